The molecule has 2 aromatic heterocycles. The number of rotatable bonds is 7. The van der Waals surface area contributed by atoms with Crippen molar-refractivity contribution in [3.8, 4) is 29.4 Å². The van der Waals surface area contributed by atoms with Crippen molar-refractivity contribution in [1.82, 2.24) is 19.3 Å². The number of hydrogen-bond donors (Lipinski definition) is 0. The van der Waals surface area contributed by atoms with E-state index >= 15 is 0 Å². The van der Waals surface area contributed by atoms with E-state index < -0.39 is 0 Å². The lowest BCUT2D eigenvalue weighted by molar-refractivity contribution is 0.126. The van der Waals surface area contributed by atoms with Gasteiger partial charge in [-0.1, -0.05) is 31.9 Å². The third-order valence-corrected chi connectivity index (χ3v) is 7.85. The number of piperidine rings is 1. The normalized spacial score (nSPS) is 22.7. The summed E-state index contributed by atoms with van der Waals surface area (Å²) in [7, 11) is 0. The molecule has 1 atom stereocenters. The highest BCUT2D eigenvalue weighted by Gasteiger charge is 2.28. The SMILES string of the molecule is CC1CCC(c2c(-c3ccc(C#N)cc3)nc(OCC3CCCN(CCC#N)C3)n3ccnc23)CC1. The van der Waals surface area contributed by atoms with Crippen LogP contribution in [-0.4, -0.2) is 45.5 Å². The van der Waals surface area contributed by atoms with Crippen LogP contribution in [0, 0.1) is 34.5 Å². The lowest BCUT2D eigenvalue weighted by Gasteiger charge is -2.32. The van der Waals surface area contributed by atoms with Crippen LogP contribution in [-0.2, 0) is 0 Å². The van der Waals surface area contributed by atoms with Crippen LogP contribution in [0.1, 0.15) is 68.9 Å². The van der Waals surface area contributed by atoms with Crippen molar-refractivity contribution in [2.75, 3.05) is 26.2 Å². The van der Waals surface area contributed by atoms with E-state index in [2.05, 4.69) is 24.0 Å². The molecule has 7 heteroatoms. The molecule has 7 nitrogen and oxygen atoms in total. The van der Waals surface area contributed by atoms with Crippen molar-refractivity contribution in [1.29, 1.82) is 10.5 Å². The third-order valence-electron chi connectivity index (χ3n) is 7.85. The Hall–Kier alpha value is -3.42. The Labute approximate surface area is 213 Å². The summed E-state index contributed by atoms with van der Waals surface area (Å²) in [5, 5.41) is 18.2. The van der Waals surface area contributed by atoms with Gasteiger partial charge in [0, 0.05) is 48.9 Å². The van der Waals surface area contributed by atoms with Gasteiger partial charge in [0.2, 0.25) is 0 Å². The van der Waals surface area contributed by atoms with Gasteiger partial charge in [-0.2, -0.15) is 15.5 Å². The van der Waals surface area contributed by atoms with Crippen LogP contribution in [0.4, 0.5) is 0 Å². The number of aromatic nitrogens is 3. The van der Waals surface area contributed by atoms with Crippen LogP contribution in [0.5, 0.6) is 6.01 Å². The number of nitriles is 2. The molecule has 1 saturated carbocycles. The predicted molar refractivity (Wildman–Crippen MR) is 138 cm³/mol. The number of nitrogens with zero attached hydrogens (tertiary/aromatic N) is 6. The van der Waals surface area contributed by atoms with Crippen molar-refractivity contribution < 1.29 is 4.74 Å². The first kappa shape index (κ1) is 24.3. The minimum absolute atomic E-state index is 0.408. The second-order valence-electron chi connectivity index (χ2n) is 10.5. The maximum absolute atomic E-state index is 9.28. The summed E-state index contributed by atoms with van der Waals surface area (Å²) in [6.45, 7) is 5.77. The molecule has 2 aliphatic rings. The molecule has 1 aliphatic heterocycles. The molecule has 1 aromatic carbocycles. The molecule has 0 amide bonds. The Morgan fingerprint density at radius 1 is 1.08 bits per heavy atom. The molecule has 36 heavy (non-hydrogen) atoms. The Morgan fingerprint density at radius 3 is 2.64 bits per heavy atom. The predicted octanol–water partition coefficient (Wildman–Crippen LogP) is 5.57. The van der Waals surface area contributed by atoms with Crippen molar-refractivity contribution in [3.63, 3.8) is 0 Å². The number of fused-ring (bicyclic) bond motifs is 1. The van der Waals surface area contributed by atoms with E-state index in [1.54, 1.807) is 0 Å². The van der Waals surface area contributed by atoms with Crippen LogP contribution in [0.25, 0.3) is 16.9 Å². The van der Waals surface area contributed by atoms with Crippen molar-refractivity contribution >= 4 is 5.65 Å². The van der Waals surface area contributed by atoms with Gasteiger partial charge in [0.05, 0.1) is 30.0 Å². The van der Waals surface area contributed by atoms with Gasteiger partial charge in [-0.05, 0) is 56.2 Å². The second kappa shape index (κ2) is 11.1. The van der Waals surface area contributed by atoms with E-state index in [4.69, 9.17) is 20.0 Å². The molecular weight excluding hydrogens is 448 g/mol. The molecule has 0 N–H and O–H groups in total. The summed E-state index contributed by atoms with van der Waals surface area (Å²) in [5.74, 6) is 1.58. The molecule has 0 radical (unpaired) electrons. The number of ether oxygens (including phenoxy) is 1. The van der Waals surface area contributed by atoms with E-state index in [-0.39, 0.29) is 0 Å². The Balaban J connectivity index is 1.47. The Kier molecular flexibility index (Phi) is 7.49. The molecule has 5 rings (SSSR count). The Bertz CT molecular complexity index is 1260. The molecule has 0 bridgehead atoms. The summed E-state index contributed by atoms with van der Waals surface area (Å²) in [4.78, 5) is 12.3. The summed E-state index contributed by atoms with van der Waals surface area (Å²) >= 11 is 0. The molecule has 186 valence electrons. The summed E-state index contributed by atoms with van der Waals surface area (Å²) in [6, 6.07) is 12.8. The molecule has 3 heterocycles. The molecule has 1 saturated heterocycles. The topological polar surface area (TPSA) is 90.2 Å². The molecule has 1 unspecified atom stereocenters. The molecular formula is C29H34N6O. The minimum Gasteiger partial charge on any atom is -0.464 e. The summed E-state index contributed by atoms with van der Waals surface area (Å²) in [6.07, 6.45) is 11.3. The first-order valence-electron chi connectivity index (χ1n) is 13.3. The lowest BCUT2D eigenvalue weighted by Crippen LogP contribution is -2.38. The molecule has 0 spiro atoms. The van der Waals surface area contributed by atoms with E-state index in [1.165, 1.54) is 18.4 Å². The number of likely N-dealkylation sites (tertiary alicyclic amines) is 1. The van der Waals surface area contributed by atoms with Gasteiger partial charge < -0.3 is 9.64 Å². The second-order valence-corrected chi connectivity index (χ2v) is 10.5. The number of benzene rings is 1. The van der Waals surface area contributed by atoms with E-state index in [0.717, 1.165) is 68.1 Å². The van der Waals surface area contributed by atoms with E-state index in [9.17, 15) is 5.26 Å². The zero-order valence-corrected chi connectivity index (χ0v) is 21.1. The van der Waals surface area contributed by atoms with Gasteiger partial charge in [0.1, 0.15) is 5.65 Å². The van der Waals surface area contributed by atoms with Gasteiger partial charge in [0.25, 0.3) is 0 Å². The minimum atomic E-state index is 0.408. The van der Waals surface area contributed by atoms with Crippen LogP contribution in [0.15, 0.2) is 36.7 Å². The summed E-state index contributed by atoms with van der Waals surface area (Å²) in [5.41, 5.74) is 4.69. The quantitative estimate of drug-likeness (QED) is 0.437. The maximum atomic E-state index is 9.28. The fourth-order valence-electron chi connectivity index (χ4n) is 5.81. The smallest absolute Gasteiger partial charge is 0.302 e. The lowest BCUT2D eigenvalue weighted by atomic mass is 9.78. The fourth-order valence-corrected chi connectivity index (χ4v) is 5.81. The summed E-state index contributed by atoms with van der Waals surface area (Å²) < 4.78 is 8.41. The Morgan fingerprint density at radius 2 is 1.89 bits per heavy atom. The van der Waals surface area contributed by atoms with Crippen LogP contribution < -0.4 is 4.74 Å². The maximum Gasteiger partial charge on any atom is 0.302 e. The fraction of sp³-hybridized carbons (Fsp3) is 0.517. The highest BCUT2D eigenvalue weighted by molar-refractivity contribution is 5.72. The average Bonchev–Trinajstić information content (AvgIpc) is 3.41. The third kappa shape index (κ3) is 5.22. The van der Waals surface area contributed by atoms with Crippen molar-refractivity contribution in [3.05, 3.63) is 47.8 Å². The zero-order valence-electron chi connectivity index (χ0n) is 21.1. The highest BCUT2D eigenvalue weighted by Crippen LogP contribution is 2.42. The standard InChI is InChI=1S/C29H34N6O/c1-21-5-9-24(10-6-21)26-27(25-11-7-22(18-31)8-12-25)33-29(35-17-14-32-28(26)35)36-20-23-4-2-15-34(19-23)16-3-13-30/h7-8,11-12,14,17,21,23-24H,2-6,9-10,15-16,19-20H2,1H3. The van der Waals surface area contributed by atoms with Gasteiger partial charge in [-0.15, -0.1) is 0 Å². The van der Waals surface area contributed by atoms with Crippen LogP contribution in [0.3, 0.4) is 0 Å². The van der Waals surface area contributed by atoms with E-state index in [0.29, 0.717) is 36.4 Å². The molecule has 3 aromatic rings. The number of imidazole rings is 1. The van der Waals surface area contributed by atoms with Gasteiger partial charge in [0.15, 0.2) is 0 Å². The molecule has 1 aliphatic carbocycles. The highest BCUT2D eigenvalue weighted by atomic mass is 16.5. The van der Waals surface area contributed by atoms with E-state index in [1.807, 2.05) is 41.1 Å². The molecule has 2 fully saturated rings. The monoisotopic (exact) mass is 482 g/mol. The van der Waals surface area contributed by atoms with Crippen LogP contribution >= 0.6 is 0 Å². The van der Waals surface area contributed by atoms with Crippen LogP contribution in [0.2, 0.25) is 0 Å². The van der Waals surface area contributed by atoms with Crippen molar-refractivity contribution in [2.24, 2.45) is 11.8 Å². The first-order valence-corrected chi connectivity index (χ1v) is 13.3. The van der Waals surface area contributed by atoms with Gasteiger partial charge >= 0.3 is 6.01 Å². The average molecular weight is 483 g/mol. The largest absolute Gasteiger partial charge is 0.464 e. The first-order chi connectivity index (χ1) is 17.7. The van der Waals surface area contributed by atoms with Crippen molar-refractivity contribution in [2.45, 2.75) is 57.8 Å². The number of hydrogen-bond acceptors (Lipinski definition) is 6. The zero-order chi connectivity index (χ0) is 24.9. The van der Waals surface area contributed by atoms with Gasteiger partial charge in [-0.25, -0.2) is 4.98 Å². The van der Waals surface area contributed by atoms with Gasteiger partial charge in [-0.3, -0.25) is 4.40 Å².